The normalized spacial score (nSPS) is 11.3. The zero-order valence-corrected chi connectivity index (χ0v) is 17.5. The molecule has 0 saturated heterocycles. The lowest BCUT2D eigenvalue weighted by molar-refractivity contribution is -0.137. The minimum Gasteiger partial charge on any atom is -0.497 e. The number of hydrogen-bond donors (Lipinski definition) is 1. The molecule has 0 aliphatic rings. The molecule has 0 aliphatic carbocycles. The molecule has 0 bridgehead atoms. The Labute approximate surface area is 177 Å². The summed E-state index contributed by atoms with van der Waals surface area (Å²) in [7, 11) is 2.54. The molecule has 0 spiro atoms. The third-order valence-corrected chi connectivity index (χ3v) is 5.95. The molecule has 0 aliphatic heterocycles. The predicted molar refractivity (Wildman–Crippen MR) is 108 cm³/mol. The molecule has 0 unspecified atom stereocenters. The van der Waals surface area contributed by atoms with E-state index in [1.807, 2.05) is 0 Å². The largest absolute Gasteiger partial charge is 0.497 e. The Bertz CT molecular complexity index is 1070. The number of ether oxygens (including phenoxy) is 2. The van der Waals surface area contributed by atoms with Crippen LogP contribution < -0.4 is 10.1 Å². The number of rotatable bonds is 6. The number of methoxy groups -OCH3 is 2. The van der Waals surface area contributed by atoms with Gasteiger partial charge >= 0.3 is 12.1 Å². The fourth-order valence-corrected chi connectivity index (χ4v) is 4.05. The number of benzene rings is 1. The van der Waals surface area contributed by atoms with Crippen LogP contribution in [-0.4, -0.2) is 41.4 Å². The number of nitrogens with zero attached hydrogens (tertiary/aromatic N) is 3. The molecule has 30 heavy (non-hydrogen) atoms. The first-order valence-corrected chi connectivity index (χ1v) is 10.3. The summed E-state index contributed by atoms with van der Waals surface area (Å²) in [5.41, 5.74) is -0.173. The maximum Gasteiger partial charge on any atom is 0.416 e. The summed E-state index contributed by atoms with van der Waals surface area (Å²) in [6, 6.07) is 4.82. The van der Waals surface area contributed by atoms with Gasteiger partial charge in [-0.3, -0.25) is 0 Å². The van der Waals surface area contributed by atoms with Crippen molar-refractivity contribution in [3.05, 3.63) is 41.7 Å². The van der Waals surface area contributed by atoms with Crippen LogP contribution in [0, 0.1) is 0 Å². The van der Waals surface area contributed by atoms with Crippen LogP contribution in [-0.2, 0) is 10.9 Å². The Morgan fingerprint density at radius 2 is 1.97 bits per heavy atom. The van der Waals surface area contributed by atoms with Crippen molar-refractivity contribution in [2.24, 2.45) is 0 Å². The van der Waals surface area contributed by atoms with Gasteiger partial charge in [0.2, 0.25) is 5.95 Å². The van der Waals surface area contributed by atoms with Crippen LogP contribution in [0.1, 0.15) is 16.1 Å². The van der Waals surface area contributed by atoms with E-state index in [0.717, 1.165) is 12.1 Å². The van der Waals surface area contributed by atoms with Gasteiger partial charge in [0.15, 0.2) is 5.69 Å². The van der Waals surface area contributed by atoms with E-state index in [1.165, 1.54) is 49.6 Å². The van der Waals surface area contributed by atoms with Crippen molar-refractivity contribution in [3.8, 4) is 16.5 Å². The average Bonchev–Trinajstić information content (AvgIpc) is 3.17. The summed E-state index contributed by atoms with van der Waals surface area (Å²) in [6.07, 6.45) is -1.29. The van der Waals surface area contributed by atoms with Crippen LogP contribution in [0.2, 0.25) is 0 Å². The Morgan fingerprint density at radius 1 is 1.20 bits per heavy atom. The second kappa shape index (κ2) is 8.88. The van der Waals surface area contributed by atoms with Gasteiger partial charge in [-0.05, 0) is 24.5 Å². The number of anilines is 2. The summed E-state index contributed by atoms with van der Waals surface area (Å²) >= 11 is 2.59. The van der Waals surface area contributed by atoms with Crippen LogP contribution in [0.15, 0.2) is 34.7 Å². The standard InChI is InChI=1S/C18H15F3N4O3S2/c1-27-11-7-9(18(19,20)21)6-10(8-11)23-17-22-5-4-12(24-17)14-25-13(15(26)28-2)16(29-3)30-14/h4-8H,1-3H3,(H,22,23,24). The van der Waals surface area contributed by atoms with Crippen molar-refractivity contribution in [2.45, 2.75) is 10.4 Å². The molecule has 3 aromatic rings. The highest BCUT2D eigenvalue weighted by atomic mass is 32.2. The summed E-state index contributed by atoms with van der Waals surface area (Å²) in [4.78, 5) is 24.5. The summed E-state index contributed by atoms with van der Waals surface area (Å²) in [5.74, 6) is -0.463. The number of hydrogen-bond acceptors (Lipinski definition) is 9. The summed E-state index contributed by atoms with van der Waals surface area (Å²) < 4.78 is 49.7. The van der Waals surface area contributed by atoms with Gasteiger partial charge in [0.25, 0.3) is 0 Å². The molecule has 7 nitrogen and oxygen atoms in total. The van der Waals surface area contributed by atoms with E-state index in [0.29, 0.717) is 14.9 Å². The number of carbonyl (C=O) groups is 1. The summed E-state index contributed by atoms with van der Waals surface area (Å²) in [6.45, 7) is 0. The number of halogens is 3. The van der Waals surface area contributed by atoms with E-state index >= 15 is 0 Å². The van der Waals surface area contributed by atoms with Crippen LogP contribution in [0.25, 0.3) is 10.7 Å². The molecule has 1 N–H and O–H groups in total. The molecule has 2 aromatic heterocycles. The first kappa shape index (κ1) is 21.8. The first-order valence-electron chi connectivity index (χ1n) is 8.25. The molecule has 0 atom stereocenters. The molecule has 3 rings (SSSR count). The molecule has 158 valence electrons. The number of thioether (sulfide) groups is 1. The van der Waals surface area contributed by atoms with Gasteiger partial charge in [0.05, 0.1) is 24.0 Å². The van der Waals surface area contributed by atoms with E-state index < -0.39 is 17.7 Å². The molecule has 1 aromatic carbocycles. The third kappa shape index (κ3) is 4.82. The second-order valence-electron chi connectivity index (χ2n) is 5.69. The topological polar surface area (TPSA) is 86.2 Å². The maximum absolute atomic E-state index is 13.1. The first-order chi connectivity index (χ1) is 14.2. The zero-order chi connectivity index (χ0) is 21.9. The van der Waals surface area contributed by atoms with Crippen molar-refractivity contribution >= 4 is 40.7 Å². The van der Waals surface area contributed by atoms with Crippen LogP contribution >= 0.6 is 23.1 Å². The monoisotopic (exact) mass is 456 g/mol. The van der Waals surface area contributed by atoms with Crippen LogP contribution in [0.4, 0.5) is 24.8 Å². The van der Waals surface area contributed by atoms with Crippen molar-refractivity contribution in [1.29, 1.82) is 0 Å². The van der Waals surface area contributed by atoms with Crippen LogP contribution in [0.5, 0.6) is 5.75 Å². The van der Waals surface area contributed by atoms with Gasteiger partial charge in [0, 0.05) is 18.0 Å². The highest BCUT2D eigenvalue weighted by Crippen LogP contribution is 2.36. The van der Waals surface area contributed by atoms with Gasteiger partial charge in [0.1, 0.15) is 16.5 Å². The lowest BCUT2D eigenvalue weighted by Crippen LogP contribution is -2.07. The predicted octanol–water partition coefficient (Wildman–Crippen LogP) is 4.88. The highest BCUT2D eigenvalue weighted by molar-refractivity contribution is 8.00. The number of alkyl halides is 3. The van der Waals surface area contributed by atoms with Crippen molar-refractivity contribution in [1.82, 2.24) is 15.0 Å². The van der Waals surface area contributed by atoms with Gasteiger partial charge in [-0.25, -0.2) is 19.7 Å². The zero-order valence-electron chi connectivity index (χ0n) is 15.9. The fourth-order valence-electron chi connectivity index (χ4n) is 2.40. The Balaban J connectivity index is 1.94. The van der Waals surface area contributed by atoms with E-state index in [1.54, 1.807) is 12.3 Å². The molecule has 2 heterocycles. The maximum atomic E-state index is 13.1. The van der Waals surface area contributed by atoms with E-state index in [-0.39, 0.29) is 23.1 Å². The molecule has 0 radical (unpaired) electrons. The number of aromatic nitrogens is 3. The average molecular weight is 456 g/mol. The lowest BCUT2D eigenvalue weighted by atomic mass is 10.2. The van der Waals surface area contributed by atoms with Crippen LogP contribution in [0.3, 0.4) is 0 Å². The minimum atomic E-state index is -4.53. The smallest absolute Gasteiger partial charge is 0.416 e. The molecule has 0 saturated carbocycles. The molecule has 0 amide bonds. The molecular formula is C18H15F3N4O3S2. The highest BCUT2D eigenvalue weighted by Gasteiger charge is 2.31. The molecule has 12 heteroatoms. The van der Waals surface area contributed by atoms with Gasteiger partial charge in [-0.1, -0.05) is 0 Å². The van der Waals surface area contributed by atoms with Gasteiger partial charge in [-0.2, -0.15) is 13.2 Å². The number of thiazole rings is 1. The summed E-state index contributed by atoms with van der Waals surface area (Å²) in [5, 5.41) is 3.20. The van der Waals surface area contributed by atoms with Crippen molar-refractivity contribution in [2.75, 3.05) is 25.8 Å². The Hall–Kier alpha value is -2.86. The van der Waals surface area contributed by atoms with Gasteiger partial charge < -0.3 is 14.8 Å². The van der Waals surface area contributed by atoms with E-state index in [4.69, 9.17) is 9.47 Å². The van der Waals surface area contributed by atoms with Crippen molar-refractivity contribution < 1.29 is 27.4 Å². The molecule has 0 fully saturated rings. The second-order valence-corrected chi connectivity index (χ2v) is 7.76. The number of esters is 1. The quantitative estimate of drug-likeness (QED) is 0.415. The lowest BCUT2D eigenvalue weighted by Gasteiger charge is -2.12. The van der Waals surface area contributed by atoms with E-state index in [9.17, 15) is 18.0 Å². The minimum absolute atomic E-state index is 0.0377. The fraction of sp³-hybridized carbons (Fsp3) is 0.222. The Morgan fingerprint density at radius 3 is 2.60 bits per heavy atom. The van der Waals surface area contributed by atoms with Crippen molar-refractivity contribution in [3.63, 3.8) is 0 Å². The number of nitrogens with one attached hydrogen (secondary N) is 1. The number of carbonyl (C=O) groups excluding carboxylic acids is 1. The third-order valence-electron chi connectivity index (χ3n) is 3.76. The SMILES string of the molecule is COC(=O)c1nc(-c2ccnc(Nc3cc(OC)cc(C(F)(F)F)c3)n2)sc1SC. The molecular weight excluding hydrogens is 441 g/mol. The Kier molecular flexibility index (Phi) is 6.46. The van der Waals surface area contributed by atoms with Gasteiger partial charge in [-0.15, -0.1) is 23.1 Å². The van der Waals surface area contributed by atoms with E-state index in [2.05, 4.69) is 20.3 Å².